The van der Waals surface area contributed by atoms with E-state index in [1.807, 2.05) is 0 Å². The van der Waals surface area contributed by atoms with E-state index in [4.69, 9.17) is 0 Å². The molecule has 0 saturated carbocycles. The second kappa shape index (κ2) is 2.57. The van der Waals surface area contributed by atoms with Crippen LogP contribution in [0.1, 0.15) is 6.92 Å². The molecular formula is C8H9NS2. The molecule has 0 aromatic carbocycles. The zero-order chi connectivity index (χ0) is 7.84. The van der Waals surface area contributed by atoms with Crippen LogP contribution in [0, 0.1) is 0 Å². The van der Waals surface area contributed by atoms with E-state index in [0.29, 0.717) is 0 Å². The van der Waals surface area contributed by atoms with Gasteiger partial charge in [0, 0.05) is 11.4 Å². The van der Waals surface area contributed by atoms with Gasteiger partial charge in [-0.1, -0.05) is 18.3 Å². The lowest BCUT2D eigenvalue weighted by molar-refractivity contribution is 1.02. The largest absolute Gasteiger partial charge is 0.328 e. The molecule has 2 heterocycles. The Labute approximate surface area is 74.7 Å². The highest BCUT2D eigenvalue weighted by molar-refractivity contribution is 8.04. The quantitative estimate of drug-likeness (QED) is 0.658. The van der Waals surface area contributed by atoms with Crippen molar-refractivity contribution in [3.05, 3.63) is 23.1 Å². The topological polar surface area (TPSA) is 3.24 Å². The Morgan fingerprint density at radius 1 is 1.64 bits per heavy atom. The predicted octanol–water partition coefficient (Wildman–Crippen LogP) is 3.15. The minimum Gasteiger partial charge on any atom is -0.328 e. The SMILES string of the molecule is C=C1Sc2ccsc2N1CC. The molecule has 2 rings (SSSR count). The lowest BCUT2D eigenvalue weighted by Gasteiger charge is -2.14. The zero-order valence-electron chi connectivity index (χ0n) is 6.33. The van der Waals surface area contributed by atoms with Gasteiger partial charge in [-0.2, -0.15) is 0 Å². The second-order valence-electron chi connectivity index (χ2n) is 2.33. The first-order chi connectivity index (χ1) is 5.33. The maximum absolute atomic E-state index is 3.99. The molecular weight excluding hydrogens is 174 g/mol. The Morgan fingerprint density at radius 2 is 2.45 bits per heavy atom. The van der Waals surface area contributed by atoms with E-state index in [1.165, 1.54) is 9.90 Å². The Kier molecular flexibility index (Phi) is 1.69. The van der Waals surface area contributed by atoms with E-state index in [0.717, 1.165) is 11.6 Å². The van der Waals surface area contributed by atoms with Gasteiger partial charge in [0.2, 0.25) is 0 Å². The highest BCUT2D eigenvalue weighted by atomic mass is 32.2. The summed E-state index contributed by atoms with van der Waals surface area (Å²) in [4.78, 5) is 3.62. The third-order valence-corrected chi connectivity index (χ3v) is 3.77. The first-order valence-corrected chi connectivity index (χ1v) is 5.24. The van der Waals surface area contributed by atoms with Crippen LogP contribution in [0.5, 0.6) is 0 Å². The monoisotopic (exact) mass is 183 g/mol. The van der Waals surface area contributed by atoms with E-state index in [9.17, 15) is 0 Å². The van der Waals surface area contributed by atoms with Crippen LogP contribution in [0.25, 0.3) is 0 Å². The molecule has 0 aliphatic carbocycles. The predicted molar refractivity (Wildman–Crippen MR) is 52.3 cm³/mol. The van der Waals surface area contributed by atoms with Gasteiger partial charge in [0.25, 0.3) is 0 Å². The summed E-state index contributed by atoms with van der Waals surface area (Å²) in [6.45, 7) is 7.17. The highest BCUT2D eigenvalue weighted by Gasteiger charge is 2.22. The Morgan fingerprint density at radius 3 is 3.18 bits per heavy atom. The van der Waals surface area contributed by atoms with Crippen LogP contribution in [0.15, 0.2) is 27.9 Å². The molecule has 0 atom stereocenters. The van der Waals surface area contributed by atoms with Crippen molar-refractivity contribution in [2.45, 2.75) is 11.8 Å². The van der Waals surface area contributed by atoms with Gasteiger partial charge in [-0.25, -0.2) is 0 Å². The number of hydrogen-bond acceptors (Lipinski definition) is 3. The summed E-state index contributed by atoms with van der Waals surface area (Å²) < 4.78 is 0. The molecule has 3 heteroatoms. The molecule has 0 saturated heterocycles. The van der Waals surface area contributed by atoms with Crippen LogP contribution in [-0.4, -0.2) is 6.54 Å². The van der Waals surface area contributed by atoms with E-state index >= 15 is 0 Å². The van der Waals surface area contributed by atoms with Crippen LogP contribution in [-0.2, 0) is 0 Å². The van der Waals surface area contributed by atoms with Gasteiger partial charge in [0.05, 0.1) is 5.03 Å². The Hall–Kier alpha value is -0.410. The summed E-state index contributed by atoms with van der Waals surface area (Å²) in [6.07, 6.45) is 0. The highest BCUT2D eigenvalue weighted by Crippen LogP contribution is 2.48. The van der Waals surface area contributed by atoms with Crippen molar-refractivity contribution in [1.29, 1.82) is 0 Å². The van der Waals surface area contributed by atoms with Crippen molar-refractivity contribution < 1.29 is 0 Å². The van der Waals surface area contributed by atoms with Crippen LogP contribution < -0.4 is 4.90 Å². The molecule has 58 valence electrons. The molecule has 0 radical (unpaired) electrons. The molecule has 0 N–H and O–H groups in total. The molecule has 1 aliphatic rings. The van der Waals surface area contributed by atoms with Crippen LogP contribution in [0.4, 0.5) is 5.00 Å². The molecule has 0 bridgehead atoms. The molecule has 0 spiro atoms. The third-order valence-electron chi connectivity index (χ3n) is 1.70. The van der Waals surface area contributed by atoms with Gasteiger partial charge < -0.3 is 4.90 Å². The van der Waals surface area contributed by atoms with Gasteiger partial charge in [-0.05, 0) is 18.4 Å². The van der Waals surface area contributed by atoms with Crippen LogP contribution in [0.2, 0.25) is 0 Å². The summed E-state index contributed by atoms with van der Waals surface area (Å²) in [5, 5.41) is 4.66. The first kappa shape index (κ1) is 7.25. The number of fused-ring (bicyclic) bond motifs is 1. The molecule has 1 nitrogen and oxygen atoms in total. The van der Waals surface area contributed by atoms with E-state index in [2.05, 4.69) is 29.8 Å². The van der Waals surface area contributed by atoms with E-state index in [-0.39, 0.29) is 0 Å². The number of hydrogen-bond donors (Lipinski definition) is 0. The normalized spacial score (nSPS) is 15.7. The number of rotatable bonds is 1. The van der Waals surface area contributed by atoms with Crippen LogP contribution >= 0.6 is 23.1 Å². The summed E-state index contributed by atoms with van der Waals surface area (Å²) in [6, 6.07) is 2.16. The molecule has 1 aliphatic heterocycles. The smallest absolute Gasteiger partial charge is 0.110 e. The molecule has 0 unspecified atom stereocenters. The fourth-order valence-electron chi connectivity index (χ4n) is 1.18. The first-order valence-electron chi connectivity index (χ1n) is 3.54. The molecule has 11 heavy (non-hydrogen) atoms. The van der Waals surface area contributed by atoms with Gasteiger partial charge in [-0.15, -0.1) is 11.3 Å². The lowest BCUT2D eigenvalue weighted by atomic mass is 10.5. The fraction of sp³-hybridized carbons (Fsp3) is 0.250. The van der Waals surface area contributed by atoms with Gasteiger partial charge >= 0.3 is 0 Å². The standard InChI is InChI=1S/C8H9NS2/c1-3-9-6(2)11-7-4-5-10-8(7)9/h4-5H,2-3H2,1H3. The van der Waals surface area contributed by atoms with Crippen molar-refractivity contribution in [3.63, 3.8) is 0 Å². The Balaban J connectivity index is 2.43. The molecule has 0 fully saturated rings. The zero-order valence-corrected chi connectivity index (χ0v) is 7.97. The summed E-state index contributed by atoms with van der Waals surface area (Å²) in [7, 11) is 0. The summed E-state index contributed by atoms with van der Waals surface area (Å²) in [5.74, 6) is 0. The number of thioether (sulfide) groups is 1. The minimum atomic E-state index is 1.03. The third kappa shape index (κ3) is 0.993. The average Bonchev–Trinajstić information content (AvgIpc) is 2.46. The van der Waals surface area contributed by atoms with Gasteiger partial charge in [0.1, 0.15) is 5.00 Å². The average molecular weight is 183 g/mol. The maximum Gasteiger partial charge on any atom is 0.110 e. The lowest BCUT2D eigenvalue weighted by Crippen LogP contribution is -2.14. The van der Waals surface area contributed by atoms with Crippen molar-refractivity contribution in [3.8, 4) is 0 Å². The number of nitrogens with zero attached hydrogens (tertiary/aromatic N) is 1. The fourth-order valence-corrected chi connectivity index (χ4v) is 3.39. The van der Waals surface area contributed by atoms with Gasteiger partial charge in [-0.3, -0.25) is 0 Å². The molecule has 1 aromatic heterocycles. The second-order valence-corrected chi connectivity index (χ2v) is 4.34. The molecule has 1 aromatic rings. The van der Waals surface area contributed by atoms with E-state index in [1.54, 1.807) is 23.1 Å². The van der Waals surface area contributed by atoms with Crippen LogP contribution in [0.3, 0.4) is 0 Å². The van der Waals surface area contributed by atoms with Crippen molar-refractivity contribution in [2.24, 2.45) is 0 Å². The Bertz CT molecular complexity index is 290. The molecule has 0 amide bonds. The maximum atomic E-state index is 3.99. The summed E-state index contributed by atoms with van der Waals surface area (Å²) in [5.41, 5.74) is 0. The summed E-state index contributed by atoms with van der Waals surface area (Å²) >= 11 is 3.56. The van der Waals surface area contributed by atoms with Gasteiger partial charge in [0.15, 0.2) is 0 Å². The number of anilines is 1. The van der Waals surface area contributed by atoms with Crippen molar-refractivity contribution >= 4 is 28.1 Å². The van der Waals surface area contributed by atoms with Crippen molar-refractivity contribution in [1.82, 2.24) is 0 Å². The van der Waals surface area contributed by atoms with E-state index < -0.39 is 0 Å². The van der Waals surface area contributed by atoms with Crippen molar-refractivity contribution in [2.75, 3.05) is 11.4 Å². The number of thiophene rings is 1. The minimum absolute atomic E-state index is 1.03.